The molecule has 1 aliphatic carbocycles. The molecule has 1 N–H and O–H groups in total. The maximum absolute atomic E-state index is 3.98. The molecule has 30 heavy (non-hydrogen) atoms. The monoisotopic (exact) mass is 392 g/mol. The van der Waals surface area contributed by atoms with Gasteiger partial charge in [0, 0.05) is 40.0 Å². The summed E-state index contributed by atoms with van der Waals surface area (Å²) in [5.74, 6) is 1.09. The van der Waals surface area contributed by atoms with Crippen molar-refractivity contribution in [3.63, 3.8) is 0 Å². The molecular formula is C28H28N2. The summed E-state index contributed by atoms with van der Waals surface area (Å²) in [6, 6.07) is 20.9. The summed E-state index contributed by atoms with van der Waals surface area (Å²) < 4.78 is 2.44. The van der Waals surface area contributed by atoms with Gasteiger partial charge in [-0.1, -0.05) is 48.6 Å². The number of aromatic nitrogens is 1. The van der Waals surface area contributed by atoms with Crippen LogP contribution < -0.4 is 5.32 Å². The molecule has 2 heterocycles. The maximum atomic E-state index is 3.98. The normalized spacial score (nSPS) is 22.3. The lowest BCUT2D eigenvalue weighted by Gasteiger charge is -2.39. The van der Waals surface area contributed by atoms with Crippen molar-refractivity contribution >= 4 is 27.5 Å². The first-order chi connectivity index (χ1) is 14.7. The van der Waals surface area contributed by atoms with E-state index >= 15 is 0 Å². The summed E-state index contributed by atoms with van der Waals surface area (Å²) in [6.45, 7) is 7.72. The summed E-state index contributed by atoms with van der Waals surface area (Å²) in [7, 11) is 0. The number of allylic oxidation sites excluding steroid dienone is 2. The predicted octanol–water partition coefficient (Wildman–Crippen LogP) is 7.26. The quantitative estimate of drug-likeness (QED) is 0.355. The summed E-state index contributed by atoms with van der Waals surface area (Å²) in [6.07, 6.45) is 5.98. The van der Waals surface area contributed by atoms with Crippen molar-refractivity contribution in [2.45, 2.75) is 45.7 Å². The van der Waals surface area contributed by atoms with Gasteiger partial charge in [0.05, 0.1) is 6.04 Å². The third-order valence-electron chi connectivity index (χ3n) is 7.42. The molecule has 4 aromatic rings. The zero-order valence-corrected chi connectivity index (χ0v) is 17.9. The van der Waals surface area contributed by atoms with Gasteiger partial charge in [-0.3, -0.25) is 0 Å². The molecule has 3 unspecified atom stereocenters. The largest absolute Gasteiger partial charge is 0.377 e. The molecule has 6 rings (SSSR count). The molecule has 0 bridgehead atoms. The number of hydrogen-bond acceptors (Lipinski definition) is 1. The van der Waals surface area contributed by atoms with Crippen molar-refractivity contribution in [2.24, 2.45) is 5.92 Å². The Morgan fingerprint density at radius 1 is 0.933 bits per heavy atom. The highest BCUT2D eigenvalue weighted by Crippen LogP contribution is 2.52. The van der Waals surface area contributed by atoms with Crippen molar-refractivity contribution < 1.29 is 0 Å². The van der Waals surface area contributed by atoms with Crippen molar-refractivity contribution in [2.75, 3.05) is 5.32 Å². The van der Waals surface area contributed by atoms with Crippen LogP contribution in [0.15, 0.2) is 66.7 Å². The van der Waals surface area contributed by atoms with Crippen LogP contribution in [-0.2, 0) is 6.54 Å². The smallest absolute Gasteiger partial charge is 0.0554 e. The van der Waals surface area contributed by atoms with E-state index in [9.17, 15) is 0 Å². The Morgan fingerprint density at radius 3 is 2.60 bits per heavy atom. The number of fused-ring (bicyclic) bond motifs is 6. The van der Waals surface area contributed by atoms with Crippen LogP contribution in [0.3, 0.4) is 0 Å². The first-order valence-corrected chi connectivity index (χ1v) is 11.2. The number of rotatable bonds is 2. The molecular weight excluding hydrogens is 364 g/mol. The van der Waals surface area contributed by atoms with Gasteiger partial charge in [0.2, 0.25) is 0 Å². The van der Waals surface area contributed by atoms with E-state index in [2.05, 4.69) is 97.4 Å². The SMILES string of the molecule is CCn1c2ccccc2c2cc(C3Nc4c(C)ccc(C)c4C4C=CCC43)ccc21. The van der Waals surface area contributed by atoms with Crippen LogP contribution in [0.25, 0.3) is 21.8 Å². The van der Waals surface area contributed by atoms with Crippen LogP contribution in [0, 0.1) is 19.8 Å². The van der Waals surface area contributed by atoms with Crippen molar-refractivity contribution in [3.8, 4) is 0 Å². The highest BCUT2D eigenvalue weighted by Gasteiger charge is 2.39. The number of hydrogen-bond donors (Lipinski definition) is 1. The Balaban J connectivity index is 1.54. The first kappa shape index (κ1) is 17.8. The average Bonchev–Trinajstić information content (AvgIpc) is 3.38. The molecule has 0 amide bonds. The summed E-state index contributed by atoms with van der Waals surface area (Å²) >= 11 is 0. The van der Waals surface area contributed by atoms with Gasteiger partial charge in [-0.05, 0) is 73.6 Å². The molecule has 3 aromatic carbocycles. The third kappa shape index (κ3) is 2.37. The minimum atomic E-state index is 0.339. The van der Waals surface area contributed by atoms with E-state index in [4.69, 9.17) is 0 Å². The predicted molar refractivity (Wildman–Crippen MR) is 127 cm³/mol. The Morgan fingerprint density at radius 2 is 1.73 bits per heavy atom. The van der Waals surface area contributed by atoms with Crippen LogP contribution in [0.2, 0.25) is 0 Å². The molecule has 0 saturated heterocycles. The van der Waals surface area contributed by atoms with Crippen LogP contribution in [-0.4, -0.2) is 4.57 Å². The van der Waals surface area contributed by atoms with E-state index in [1.165, 1.54) is 49.7 Å². The molecule has 150 valence electrons. The van der Waals surface area contributed by atoms with Crippen LogP contribution in [0.1, 0.15) is 47.6 Å². The minimum Gasteiger partial charge on any atom is -0.377 e. The first-order valence-electron chi connectivity index (χ1n) is 11.2. The van der Waals surface area contributed by atoms with E-state index < -0.39 is 0 Å². The van der Waals surface area contributed by atoms with E-state index in [1.54, 1.807) is 0 Å². The number of anilines is 1. The van der Waals surface area contributed by atoms with Crippen molar-refractivity contribution in [1.82, 2.24) is 4.57 Å². The summed E-state index contributed by atoms with van der Waals surface area (Å²) in [5, 5.41) is 6.72. The lowest BCUT2D eigenvalue weighted by molar-refractivity contribution is 0.424. The fraction of sp³-hybridized carbons (Fsp3) is 0.286. The van der Waals surface area contributed by atoms with Gasteiger partial charge in [0.1, 0.15) is 0 Å². The summed E-state index contributed by atoms with van der Waals surface area (Å²) in [4.78, 5) is 0. The topological polar surface area (TPSA) is 17.0 Å². The van der Waals surface area contributed by atoms with Gasteiger partial charge in [-0.2, -0.15) is 0 Å². The van der Waals surface area contributed by atoms with Crippen LogP contribution >= 0.6 is 0 Å². The number of nitrogens with zero attached hydrogens (tertiary/aromatic N) is 1. The third-order valence-corrected chi connectivity index (χ3v) is 7.42. The minimum absolute atomic E-state index is 0.339. The van der Waals surface area contributed by atoms with E-state index in [0.29, 0.717) is 17.9 Å². The van der Waals surface area contributed by atoms with E-state index in [1.807, 2.05) is 0 Å². The Labute approximate surface area is 178 Å². The Kier molecular flexibility index (Phi) is 3.86. The summed E-state index contributed by atoms with van der Waals surface area (Å²) in [5.41, 5.74) is 9.70. The lowest BCUT2D eigenvalue weighted by Crippen LogP contribution is -2.30. The highest BCUT2D eigenvalue weighted by atomic mass is 15.0. The molecule has 2 aliphatic rings. The second-order valence-corrected chi connectivity index (χ2v) is 9.00. The molecule has 1 aromatic heterocycles. The molecule has 0 radical (unpaired) electrons. The van der Waals surface area contributed by atoms with E-state index in [-0.39, 0.29) is 0 Å². The Bertz CT molecular complexity index is 1320. The highest BCUT2D eigenvalue weighted by molar-refractivity contribution is 6.08. The lowest BCUT2D eigenvalue weighted by atomic mass is 9.75. The van der Waals surface area contributed by atoms with Crippen molar-refractivity contribution in [1.29, 1.82) is 0 Å². The van der Waals surface area contributed by atoms with Crippen LogP contribution in [0.5, 0.6) is 0 Å². The fourth-order valence-electron chi connectivity index (χ4n) is 5.98. The van der Waals surface area contributed by atoms with Gasteiger partial charge in [0.25, 0.3) is 0 Å². The number of para-hydroxylation sites is 1. The van der Waals surface area contributed by atoms with Gasteiger partial charge < -0.3 is 9.88 Å². The molecule has 0 saturated carbocycles. The number of benzene rings is 3. The molecule has 2 nitrogen and oxygen atoms in total. The number of nitrogens with one attached hydrogen (secondary N) is 1. The maximum Gasteiger partial charge on any atom is 0.0554 e. The van der Waals surface area contributed by atoms with Crippen LogP contribution in [0.4, 0.5) is 5.69 Å². The number of aryl methyl sites for hydroxylation is 3. The Hall–Kier alpha value is -3.00. The molecule has 3 atom stereocenters. The van der Waals surface area contributed by atoms with Gasteiger partial charge in [-0.15, -0.1) is 0 Å². The molecule has 0 fully saturated rings. The van der Waals surface area contributed by atoms with Gasteiger partial charge in [0.15, 0.2) is 0 Å². The molecule has 0 spiro atoms. The standard InChI is InChI=1S/C28H28N2/c1-4-30-24-11-6-5-8-20(24)23-16-19(14-15-25(23)30)28-22-10-7-9-21(22)26-17(2)12-13-18(3)27(26)29-28/h5-9,11-16,21-22,28-29H,4,10H2,1-3H3. The molecule has 1 aliphatic heterocycles. The zero-order chi connectivity index (χ0) is 20.4. The van der Waals surface area contributed by atoms with E-state index in [0.717, 1.165) is 13.0 Å². The molecule has 2 heteroatoms. The average molecular weight is 393 g/mol. The second kappa shape index (κ2) is 6.50. The van der Waals surface area contributed by atoms with Crippen molar-refractivity contribution in [3.05, 3.63) is 89.0 Å². The van der Waals surface area contributed by atoms with Gasteiger partial charge >= 0.3 is 0 Å². The fourth-order valence-corrected chi connectivity index (χ4v) is 5.98. The van der Waals surface area contributed by atoms with Gasteiger partial charge in [-0.25, -0.2) is 0 Å². The second-order valence-electron chi connectivity index (χ2n) is 9.00. The zero-order valence-electron chi connectivity index (χ0n) is 17.9.